The molecule has 168 valence electrons. The van der Waals surface area contributed by atoms with E-state index in [1.54, 1.807) is 25.3 Å². The quantitative estimate of drug-likeness (QED) is 0.501. The summed E-state index contributed by atoms with van der Waals surface area (Å²) in [5.74, 6) is 0.937. The maximum atomic E-state index is 12.5. The second-order valence-corrected chi connectivity index (χ2v) is 7.23. The first-order valence-electron chi connectivity index (χ1n) is 9.54. The molecular formula is C22H26BrNO7. The van der Waals surface area contributed by atoms with Gasteiger partial charge < -0.3 is 29.0 Å². The molecule has 1 unspecified atom stereocenters. The number of esters is 1. The molecule has 9 heteroatoms. The molecule has 31 heavy (non-hydrogen) atoms. The minimum absolute atomic E-state index is 0.228. The molecule has 2 aromatic carbocycles. The van der Waals surface area contributed by atoms with E-state index in [2.05, 4.69) is 21.2 Å². The van der Waals surface area contributed by atoms with E-state index in [0.29, 0.717) is 34.1 Å². The van der Waals surface area contributed by atoms with Gasteiger partial charge in [0.05, 0.1) is 38.0 Å². The highest BCUT2D eigenvalue weighted by Crippen LogP contribution is 2.37. The van der Waals surface area contributed by atoms with E-state index in [4.69, 9.17) is 23.7 Å². The molecular weight excluding hydrogens is 470 g/mol. The van der Waals surface area contributed by atoms with Crippen molar-refractivity contribution in [2.24, 2.45) is 0 Å². The van der Waals surface area contributed by atoms with E-state index in [-0.39, 0.29) is 12.1 Å². The molecule has 0 fully saturated rings. The number of ether oxygens (including phenoxy) is 5. The Bertz CT molecular complexity index is 932. The number of carbonyl (C=O) groups excluding carboxylic acids is 2. The lowest BCUT2D eigenvalue weighted by atomic mass is 10.2. The lowest BCUT2D eigenvalue weighted by Crippen LogP contribution is -2.35. The van der Waals surface area contributed by atoms with Gasteiger partial charge >= 0.3 is 5.97 Å². The number of hydrogen-bond acceptors (Lipinski definition) is 7. The van der Waals surface area contributed by atoms with E-state index >= 15 is 0 Å². The van der Waals surface area contributed by atoms with E-state index in [9.17, 15) is 9.59 Å². The van der Waals surface area contributed by atoms with Gasteiger partial charge in [0, 0.05) is 6.54 Å². The number of carbonyl (C=O) groups is 2. The fourth-order valence-corrected chi connectivity index (χ4v) is 3.28. The van der Waals surface area contributed by atoms with Gasteiger partial charge in [-0.2, -0.15) is 0 Å². The van der Waals surface area contributed by atoms with Crippen LogP contribution in [0.25, 0.3) is 0 Å². The van der Waals surface area contributed by atoms with Crippen LogP contribution >= 0.6 is 15.9 Å². The van der Waals surface area contributed by atoms with Crippen molar-refractivity contribution in [3.63, 3.8) is 0 Å². The van der Waals surface area contributed by atoms with Gasteiger partial charge in [-0.15, -0.1) is 0 Å². The van der Waals surface area contributed by atoms with Crippen LogP contribution in [0.3, 0.4) is 0 Å². The van der Waals surface area contributed by atoms with Gasteiger partial charge in [0.2, 0.25) is 0 Å². The van der Waals surface area contributed by atoms with Crippen molar-refractivity contribution < 1.29 is 33.3 Å². The summed E-state index contributed by atoms with van der Waals surface area (Å²) in [4.78, 5) is 24.9. The predicted octanol–water partition coefficient (Wildman–Crippen LogP) is 3.74. The molecule has 0 saturated carbocycles. The molecule has 0 spiro atoms. The first-order chi connectivity index (χ1) is 14.8. The Morgan fingerprint density at radius 3 is 2.29 bits per heavy atom. The van der Waals surface area contributed by atoms with Crippen LogP contribution in [0.5, 0.6) is 23.0 Å². The van der Waals surface area contributed by atoms with Crippen molar-refractivity contribution in [2.45, 2.75) is 26.5 Å². The Hall–Kier alpha value is -2.94. The van der Waals surface area contributed by atoms with Crippen molar-refractivity contribution in [3.8, 4) is 23.0 Å². The van der Waals surface area contributed by atoms with Crippen molar-refractivity contribution in [2.75, 3.05) is 27.9 Å². The number of amides is 1. The zero-order valence-electron chi connectivity index (χ0n) is 18.1. The van der Waals surface area contributed by atoms with E-state index < -0.39 is 18.0 Å². The Morgan fingerprint density at radius 1 is 1.00 bits per heavy atom. The summed E-state index contributed by atoms with van der Waals surface area (Å²) in [6, 6.07) is 8.39. The predicted molar refractivity (Wildman–Crippen MR) is 118 cm³/mol. The Labute approximate surface area is 189 Å². The number of halogens is 1. The normalized spacial score (nSPS) is 11.3. The highest BCUT2D eigenvalue weighted by molar-refractivity contribution is 9.10. The maximum Gasteiger partial charge on any atom is 0.339 e. The van der Waals surface area contributed by atoms with Crippen LogP contribution in [0.2, 0.25) is 0 Å². The zero-order chi connectivity index (χ0) is 23.0. The van der Waals surface area contributed by atoms with Crippen LogP contribution in [0.15, 0.2) is 34.8 Å². The lowest BCUT2D eigenvalue weighted by Gasteiger charge is -2.16. The second kappa shape index (κ2) is 11.5. The summed E-state index contributed by atoms with van der Waals surface area (Å²) in [6.07, 6.45) is -0.996. The van der Waals surface area contributed by atoms with Gasteiger partial charge in [-0.3, -0.25) is 4.79 Å². The summed E-state index contributed by atoms with van der Waals surface area (Å²) in [6.45, 7) is 4.03. The van der Waals surface area contributed by atoms with Gasteiger partial charge in [0.25, 0.3) is 5.91 Å². The number of hydrogen-bond donors (Lipinski definition) is 1. The van der Waals surface area contributed by atoms with Gasteiger partial charge in [-0.05, 0) is 59.6 Å². The molecule has 0 aromatic heterocycles. The third-order valence-corrected chi connectivity index (χ3v) is 4.91. The second-order valence-electron chi connectivity index (χ2n) is 6.38. The highest BCUT2D eigenvalue weighted by Gasteiger charge is 2.21. The monoisotopic (exact) mass is 495 g/mol. The molecule has 0 radical (unpaired) electrons. The Balaban J connectivity index is 2.01. The molecule has 2 aromatic rings. The molecule has 2 rings (SSSR count). The third-order valence-electron chi connectivity index (χ3n) is 4.32. The molecule has 8 nitrogen and oxygen atoms in total. The smallest absolute Gasteiger partial charge is 0.339 e. The third kappa shape index (κ3) is 6.27. The molecule has 0 aliphatic heterocycles. The van der Waals surface area contributed by atoms with Crippen LogP contribution in [-0.2, 0) is 16.1 Å². The number of methoxy groups -OCH3 is 3. The number of rotatable bonds is 10. The van der Waals surface area contributed by atoms with Gasteiger partial charge in [-0.25, -0.2) is 4.79 Å². The summed E-state index contributed by atoms with van der Waals surface area (Å²) < 4.78 is 27.1. The molecule has 1 atom stereocenters. The van der Waals surface area contributed by atoms with Crippen LogP contribution < -0.4 is 24.3 Å². The van der Waals surface area contributed by atoms with Crippen LogP contribution in [0.1, 0.15) is 29.8 Å². The molecule has 1 amide bonds. The summed E-state index contributed by atoms with van der Waals surface area (Å²) in [5.41, 5.74) is 1.04. The minimum Gasteiger partial charge on any atom is -0.493 e. The minimum atomic E-state index is -0.996. The van der Waals surface area contributed by atoms with E-state index in [1.807, 2.05) is 13.0 Å². The topological polar surface area (TPSA) is 92.3 Å². The van der Waals surface area contributed by atoms with Crippen molar-refractivity contribution in [3.05, 3.63) is 45.9 Å². The Kier molecular flexibility index (Phi) is 8.99. The van der Waals surface area contributed by atoms with Crippen LogP contribution in [0.4, 0.5) is 0 Å². The maximum absolute atomic E-state index is 12.5. The van der Waals surface area contributed by atoms with Gasteiger partial charge in [0.15, 0.2) is 29.1 Å². The molecule has 0 saturated heterocycles. The summed E-state index contributed by atoms with van der Waals surface area (Å²) >= 11 is 3.36. The van der Waals surface area contributed by atoms with E-state index in [1.165, 1.54) is 27.2 Å². The standard InChI is InChI=1S/C22H26BrNO7/c1-6-30-20-16(23)10-15(11-19(20)29-5)22(26)31-13(2)21(25)24-12-14-7-8-17(27-3)18(9-14)28-4/h7-11,13H,6,12H2,1-5H3,(H,24,25). The molecule has 0 bridgehead atoms. The van der Waals surface area contributed by atoms with Crippen LogP contribution in [-0.4, -0.2) is 45.9 Å². The van der Waals surface area contributed by atoms with Crippen LogP contribution in [0, 0.1) is 0 Å². The first kappa shape index (κ1) is 24.3. The summed E-state index contributed by atoms with van der Waals surface area (Å²) in [7, 11) is 4.56. The average molecular weight is 496 g/mol. The lowest BCUT2D eigenvalue weighted by molar-refractivity contribution is -0.129. The number of nitrogens with one attached hydrogen (secondary N) is 1. The van der Waals surface area contributed by atoms with E-state index in [0.717, 1.165) is 5.56 Å². The van der Waals surface area contributed by atoms with Crippen molar-refractivity contribution in [1.82, 2.24) is 5.32 Å². The largest absolute Gasteiger partial charge is 0.493 e. The molecule has 1 N–H and O–H groups in total. The molecule has 0 heterocycles. The zero-order valence-corrected chi connectivity index (χ0v) is 19.7. The number of benzene rings is 2. The average Bonchev–Trinajstić information content (AvgIpc) is 2.78. The summed E-state index contributed by atoms with van der Waals surface area (Å²) in [5, 5.41) is 2.74. The fraction of sp³-hybridized carbons (Fsp3) is 0.364. The van der Waals surface area contributed by atoms with Gasteiger partial charge in [-0.1, -0.05) is 6.07 Å². The fourth-order valence-electron chi connectivity index (χ4n) is 2.73. The van der Waals surface area contributed by atoms with Gasteiger partial charge in [0.1, 0.15) is 0 Å². The SMILES string of the molecule is CCOc1c(Br)cc(C(=O)OC(C)C(=O)NCc2ccc(OC)c(OC)c2)cc1OC. The molecule has 0 aliphatic carbocycles. The molecule has 0 aliphatic rings. The van der Waals surface area contributed by atoms with Crippen molar-refractivity contribution >= 4 is 27.8 Å². The van der Waals surface area contributed by atoms with Crippen molar-refractivity contribution in [1.29, 1.82) is 0 Å². The first-order valence-corrected chi connectivity index (χ1v) is 10.3. The highest BCUT2D eigenvalue weighted by atomic mass is 79.9. The Morgan fingerprint density at radius 2 is 1.68 bits per heavy atom.